The molecule has 6 rings (SSSR count). The summed E-state index contributed by atoms with van der Waals surface area (Å²) in [5.74, 6) is -0.420. The minimum atomic E-state index is -0.734. The van der Waals surface area contributed by atoms with Gasteiger partial charge in [0.15, 0.2) is 0 Å². The second kappa shape index (κ2) is 5.38. The van der Waals surface area contributed by atoms with Crippen molar-refractivity contribution in [1.29, 1.82) is 0 Å². The summed E-state index contributed by atoms with van der Waals surface area (Å²) in [5.41, 5.74) is -0.147. The maximum Gasteiger partial charge on any atom is 0.274 e. The van der Waals surface area contributed by atoms with Crippen LogP contribution in [0, 0.1) is 34.8 Å². The molecule has 4 aliphatic rings. The molecular weight excluding hydrogens is 338 g/mol. The van der Waals surface area contributed by atoms with Crippen LogP contribution in [0.2, 0.25) is 0 Å². The molecular formula is C20H20F2N2O2. The molecule has 0 saturated heterocycles. The van der Waals surface area contributed by atoms with Crippen molar-refractivity contribution in [3.8, 4) is 0 Å². The van der Waals surface area contributed by atoms with E-state index in [-0.39, 0.29) is 22.5 Å². The number of hydrogen-bond acceptors (Lipinski definition) is 2. The maximum absolute atomic E-state index is 13.8. The van der Waals surface area contributed by atoms with Gasteiger partial charge >= 0.3 is 0 Å². The predicted molar refractivity (Wildman–Crippen MR) is 91.3 cm³/mol. The second-order valence-corrected chi connectivity index (χ2v) is 8.51. The molecule has 2 N–H and O–H groups in total. The van der Waals surface area contributed by atoms with Crippen LogP contribution in [0.1, 0.15) is 49.0 Å². The molecule has 0 aliphatic heterocycles. The van der Waals surface area contributed by atoms with E-state index < -0.39 is 23.0 Å². The molecule has 6 heteroatoms. The van der Waals surface area contributed by atoms with Gasteiger partial charge in [-0.25, -0.2) is 8.78 Å². The van der Waals surface area contributed by atoms with E-state index in [0.29, 0.717) is 17.8 Å². The molecule has 0 atom stereocenters. The number of benzene rings is 1. The number of halogens is 2. The number of imide groups is 1. The molecule has 4 nitrogen and oxygen atoms in total. The lowest BCUT2D eigenvalue weighted by atomic mass is 9.49. The Balaban J connectivity index is 1.39. The summed E-state index contributed by atoms with van der Waals surface area (Å²) < 4.78 is 27.2. The third-order valence-corrected chi connectivity index (χ3v) is 6.64. The monoisotopic (exact) mass is 358 g/mol. The average molecular weight is 358 g/mol. The third kappa shape index (κ3) is 2.38. The van der Waals surface area contributed by atoms with E-state index in [2.05, 4.69) is 10.3 Å². The standard InChI is InChI=1S/C20H20F2N2O2/c21-13-4-15(22)14-6-17(23-16(14)5-13)18(25)24-19(26)20-7-10-1-11(8-20)3-12(2-10)9-20/h4-6,10-12,23H,1-3,7-9H2,(H,24,25,26). The molecule has 4 bridgehead atoms. The summed E-state index contributed by atoms with van der Waals surface area (Å²) in [6, 6.07) is 3.24. The fourth-order valence-electron chi connectivity index (χ4n) is 5.97. The number of amides is 2. The summed E-state index contributed by atoms with van der Waals surface area (Å²) in [4.78, 5) is 28.2. The first-order valence-corrected chi connectivity index (χ1v) is 9.25. The molecule has 1 aromatic carbocycles. The molecule has 0 unspecified atom stereocenters. The van der Waals surface area contributed by atoms with E-state index in [4.69, 9.17) is 0 Å². The zero-order chi connectivity index (χ0) is 18.1. The molecule has 4 saturated carbocycles. The number of aromatic amines is 1. The van der Waals surface area contributed by atoms with Crippen LogP contribution in [0.4, 0.5) is 8.78 Å². The van der Waals surface area contributed by atoms with Crippen molar-refractivity contribution in [2.24, 2.45) is 23.2 Å². The predicted octanol–water partition coefficient (Wildman–Crippen LogP) is 3.92. The van der Waals surface area contributed by atoms with Gasteiger partial charge in [0.25, 0.3) is 5.91 Å². The quantitative estimate of drug-likeness (QED) is 0.800. The number of carbonyl (C=O) groups is 2. The van der Waals surface area contributed by atoms with Gasteiger partial charge in [-0.15, -0.1) is 0 Å². The second-order valence-electron chi connectivity index (χ2n) is 8.51. The van der Waals surface area contributed by atoms with Gasteiger partial charge in [-0.05, 0) is 68.4 Å². The van der Waals surface area contributed by atoms with E-state index in [1.54, 1.807) is 0 Å². The van der Waals surface area contributed by atoms with Crippen molar-refractivity contribution in [1.82, 2.24) is 10.3 Å². The number of H-pyrrole nitrogens is 1. The van der Waals surface area contributed by atoms with Crippen molar-refractivity contribution in [2.45, 2.75) is 38.5 Å². The van der Waals surface area contributed by atoms with Gasteiger partial charge in [-0.3, -0.25) is 14.9 Å². The molecule has 1 heterocycles. The van der Waals surface area contributed by atoms with E-state index >= 15 is 0 Å². The van der Waals surface area contributed by atoms with Crippen LogP contribution in [0.15, 0.2) is 18.2 Å². The van der Waals surface area contributed by atoms with Gasteiger partial charge in [0.2, 0.25) is 5.91 Å². The number of carbonyl (C=O) groups excluding carboxylic acids is 2. The molecule has 1 aromatic heterocycles. The number of fused-ring (bicyclic) bond motifs is 1. The minimum absolute atomic E-state index is 0.0718. The highest BCUT2D eigenvalue weighted by Gasteiger charge is 2.54. The van der Waals surface area contributed by atoms with E-state index in [1.165, 1.54) is 25.3 Å². The average Bonchev–Trinajstić information content (AvgIpc) is 2.98. The summed E-state index contributed by atoms with van der Waals surface area (Å²) in [6.07, 6.45) is 6.24. The Kier molecular flexibility index (Phi) is 3.30. The van der Waals surface area contributed by atoms with Crippen molar-refractivity contribution in [2.75, 3.05) is 0 Å². The van der Waals surface area contributed by atoms with Crippen molar-refractivity contribution >= 4 is 22.7 Å². The lowest BCUT2D eigenvalue weighted by Gasteiger charge is -2.55. The Morgan fingerprint density at radius 1 is 1.00 bits per heavy atom. The normalized spacial score (nSPS) is 32.2. The first-order valence-electron chi connectivity index (χ1n) is 9.25. The Labute approximate surface area is 149 Å². The maximum atomic E-state index is 13.8. The van der Waals surface area contributed by atoms with Gasteiger partial charge in [0.05, 0.1) is 10.9 Å². The third-order valence-electron chi connectivity index (χ3n) is 6.64. The molecule has 4 fully saturated rings. The van der Waals surface area contributed by atoms with E-state index in [0.717, 1.165) is 31.4 Å². The topological polar surface area (TPSA) is 62.0 Å². The summed E-state index contributed by atoms with van der Waals surface area (Å²) in [7, 11) is 0. The number of nitrogens with one attached hydrogen (secondary N) is 2. The first kappa shape index (κ1) is 16.0. The smallest absolute Gasteiger partial charge is 0.274 e. The fourth-order valence-corrected chi connectivity index (χ4v) is 5.97. The van der Waals surface area contributed by atoms with Gasteiger partial charge < -0.3 is 4.98 Å². The van der Waals surface area contributed by atoms with E-state index in [9.17, 15) is 18.4 Å². The Hall–Kier alpha value is -2.24. The lowest BCUT2D eigenvalue weighted by molar-refractivity contribution is -0.145. The highest BCUT2D eigenvalue weighted by atomic mass is 19.1. The summed E-state index contributed by atoms with van der Waals surface area (Å²) in [6.45, 7) is 0. The van der Waals surface area contributed by atoms with Gasteiger partial charge in [0.1, 0.15) is 17.3 Å². The summed E-state index contributed by atoms with van der Waals surface area (Å²) >= 11 is 0. The van der Waals surface area contributed by atoms with Crippen molar-refractivity contribution < 1.29 is 18.4 Å². The zero-order valence-corrected chi connectivity index (χ0v) is 14.3. The highest BCUT2D eigenvalue weighted by Crippen LogP contribution is 2.60. The molecule has 2 aromatic rings. The SMILES string of the molecule is O=C(NC(=O)C12CC3CC(CC(C3)C1)C2)c1cc2c(F)cc(F)cc2[nH]1. The largest absolute Gasteiger partial charge is 0.350 e. The van der Waals surface area contributed by atoms with Gasteiger partial charge in [0, 0.05) is 11.5 Å². The Bertz CT molecular complexity index is 898. The number of rotatable bonds is 2. The van der Waals surface area contributed by atoms with Crippen LogP contribution in [0.25, 0.3) is 10.9 Å². The van der Waals surface area contributed by atoms with Crippen LogP contribution in [-0.2, 0) is 4.79 Å². The van der Waals surface area contributed by atoms with Crippen molar-refractivity contribution in [3.05, 3.63) is 35.5 Å². The number of hydrogen-bond donors (Lipinski definition) is 2. The summed E-state index contributed by atoms with van der Waals surface area (Å²) in [5, 5.41) is 2.66. The van der Waals surface area contributed by atoms with Crippen LogP contribution < -0.4 is 5.32 Å². The van der Waals surface area contributed by atoms with Crippen molar-refractivity contribution in [3.63, 3.8) is 0 Å². The molecule has 136 valence electrons. The van der Waals surface area contributed by atoms with Gasteiger partial charge in [-0.1, -0.05) is 0 Å². The highest BCUT2D eigenvalue weighted by molar-refractivity contribution is 6.07. The Morgan fingerprint density at radius 3 is 2.23 bits per heavy atom. The van der Waals surface area contributed by atoms with E-state index in [1.807, 2.05) is 0 Å². The van der Waals surface area contributed by atoms with Crippen LogP contribution >= 0.6 is 0 Å². The fraction of sp³-hybridized carbons (Fsp3) is 0.500. The Morgan fingerprint density at radius 2 is 1.62 bits per heavy atom. The molecule has 2 amide bonds. The van der Waals surface area contributed by atoms with Crippen LogP contribution in [-0.4, -0.2) is 16.8 Å². The molecule has 4 aliphatic carbocycles. The zero-order valence-electron chi connectivity index (χ0n) is 14.3. The van der Waals surface area contributed by atoms with Crippen LogP contribution in [0.3, 0.4) is 0 Å². The van der Waals surface area contributed by atoms with Gasteiger partial charge in [-0.2, -0.15) is 0 Å². The molecule has 26 heavy (non-hydrogen) atoms. The molecule has 0 spiro atoms. The molecule has 0 radical (unpaired) electrons. The number of aromatic nitrogens is 1. The first-order chi connectivity index (χ1) is 12.4. The minimum Gasteiger partial charge on any atom is -0.350 e. The van der Waals surface area contributed by atoms with Crippen LogP contribution in [0.5, 0.6) is 0 Å². The lowest BCUT2D eigenvalue weighted by Crippen LogP contribution is -2.54.